The van der Waals surface area contributed by atoms with Gasteiger partial charge in [0.05, 0.1) is 23.7 Å². The summed E-state index contributed by atoms with van der Waals surface area (Å²) in [6, 6.07) is 9.13. The van der Waals surface area contributed by atoms with Crippen molar-refractivity contribution >= 4 is 21.7 Å². The monoisotopic (exact) mass is 406 g/mol. The van der Waals surface area contributed by atoms with Crippen molar-refractivity contribution in [3.8, 4) is 11.5 Å². The van der Waals surface area contributed by atoms with E-state index < -0.39 is 20.9 Å². The van der Waals surface area contributed by atoms with E-state index in [9.17, 15) is 23.3 Å². The van der Waals surface area contributed by atoms with Crippen LogP contribution < -0.4 is 9.47 Å². The van der Waals surface area contributed by atoms with Crippen molar-refractivity contribution in [3.63, 3.8) is 0 Å². The normalized spacial score (nSPS) is 14.6. The Morgan fingerprint density at radius 3 is 2.50 bits per heavy atom. The summed E-state index contributed by atoms with van der Waals surface area (Å²) in [5.41, 5.74) is -0.234. The molecule has 1 aliphatic rings. The molecule has 0 aliphatic carbocycles. The number of hydrogen-bond acceptors (Lipinski definition) is 7. The second kappa shape index (κ2) is 7.95. The SMILES string of the molecule is COc1ccc(C(=O)Oc2cccc([N+](=O)[O-])c2)cc1S(=O)(=O)N1CCCC1. The van der Waals surface area contributed by atoms with Gasteiger partial charge in [-0.15, -0.1) is 0 Å². The molecule has 1 heterocycles. The number of rotatable bonds is 6. The van der Waals surface area contributed by atoms with Gasteiger partial charge >= 0.3 is 5.97 Å². The zero-order chi connectivity index (χ0) is 20.3. The van der Waals surface area contributed by atoms with Gasteiger partial charge in [0.2, 0.25) is 10.0 Å². The van der Waals surface area contributed by atoms with E-state index in [1.54, 1.807) is 0 Å². The fourth-order valence-electron chi connectivity index (χ4n) is 2.90. The highest BCUT2D eigenvalue weighted by molar-refractivity contribution is 7.89. The van der Waals surface area contributed by atoms with Gasteiger partial charge in [0, 0.05) is 19.2 Å². The molecule has 148 valence electrons. The number of hydrogen-bond donors (Lipinski definition) is 0. The average Bonchev–Trinajstić information content (AvgIpc) is 3.23. The predicted octanol–water partition coefficient (Wildman–Crippen LogP) is 2.61. The lowest BCUT2D eigenvalue weighted by Gasteiger charge is -2.18. The van der Waals surface area contributed by atoms with Crippen molar-refractivity contribution in [3.05, 3.63) is 58.1 Å². The van der Waals surface area contributed by atoms with Crippen LogP contribution in [0.5, 0.6) is 11.5 Å². The number of nitro groups is 1. The first-order valence-electron chi connectivity index (χ1n) is 8.48. The highest BCUT2D eigenvalue weighted by atomic mass is 32.2. The van der Waals surface area contributed by atoms with E-state index >= 15 is 0 Å². The number of carbonyl (C=O) groups excluding carboxylic acids is 1. The molecule has 1 fully saturated rings. The number of ether oxygens (including phenoxy) is 2. The van der Waals surface area contributed by atoms with Crippen LogP contribution in [0.1, 0.15) is 23.2 Å². The number of nitrogens with zero attached hydrogens (tertiary/aromatic N) is 2. The molecule has 1 aliphatic heterocycles. The summed E-state index contributed by atoms with van der Waals surface area (Å²) >= 11 is 0. The summed E-state index contributed by atoms with van der Waals surface area (Å²) in [7, 11) is -2.47. The summed E-state index contributed by atoms with van der Waals surface area (Å²) in [5, 5.41) is 10.8. The van der Waals surface area contributed by atoms with E-state index in [4.69, 9.17) is 9.47 Å². The van der Waals surface area contributed by atoms with E-state index in [-0.39, 0.29) is 27.6 Å². The van der Waals surface area contributed by atoms with Crippen molar-refractivity contribution in [1.82, 2.24) is 4.31 Å². The number of non-ortho nitro benzene ring substituents is 1. The third-order valence-corrected chi connectivity index (χ3v) is 6.24. The van der Waals surface area contributed by atoms with Gasteiger partial charge in [-0.1, -0.05) is 6.07 Å². The van der Waals surface area contributed by atoms with E-state index in [1.807, 2.05) is 0 Å². The second-order valence-corrected chi connectivity index (χ2v) is 8.03. The Morgan fingerprint density at radius 1 is 1.14 bits per heavy atom. The van der Waals surface area contributed by atoms with E-state index in [0.29, 0.717) is 13.1 Å². The van der Waals surface area contributed by atoms with Crippen LogP contribution in [0.4, 0.5) is 5.69 Å². The second-order valence-electron chi connectivity index (χ2n) is 6.12. The van der Waals surface area contributed by atoms with Crippen LogP contribution in [0.2, 0.25) is 0 Å². The Bertz CT molecular complexity index is 1010. The van der Waals surface area contributed by atoms with Gasteiger partial charge in [-0.3, -0.25) is 10.1 Å². The fraction of sp³-hybridized carbons (Fsp3) is 0.278. The molecule has 2 aromatic carbocycles. The van der Waals surface area contributed by atoms with Crippen molar-refractivity contribution in [2.24, 2.45) is 0 Å². The molecule has 0 N–H and O–H groups in total. The Kier molecular flexibility index (Phi) is 5.61. The van der Waals surface area contributed by atoms with Gasteiger partial charge in [0.1, 0.15) is 16.4 Å². The first-order chi connectivity index (χ1) is 13.3. The molecule has 0 amide bonds. The lowest BCUT2D eigenvalue weighted by molar-refractivity contribution is -0.384. The third-order valence-electron chi connectivity index (χ3n) is 4.32. The topological polar surface area (TPSA) is 116 Å². The zero-order valence-electron chi connectivity index (χ0n) is 15.0. The van der Waals surface area contributed by atoms with Crippen molar-refractivity contribution < 1.29 is 27.6 Å². The first kappa shape index (κ1) is 19.8. The molecule has 9 nitrogen and oxygen atoms in total. The minimum absolute atomic E-state index is 0.00919. The van der Waals surface area contributed by atoms with Gasteiger partial charge < -0.3 is 9.47 Å². The number of sulfonamides is 1. The smallest absolute Gasteiger partial charge is 0.343 e. The van der Waals surface area contributed by atoms with Gasteiger partial charge in [0.25, 0.3) is 5.69 Å². The maximum Gasteiger partial charge on any atom is 0.343 e. The average molecular weight is 406 g/mol. The number of nitro benzene ring substituents is 1. The highest BCUT2D eigenvalue weighted by Crippen LogP contribution is 2.30. The van der Waals surface area contributed by atoms with Crippen molar-refractivity contribution in [2.75, 3.05) is 20.2 Å². The number of esters is 1. The van der Waals surface area contributed by atoms with Crippen LogP contribution in [0.25, 0.3) is 0 Å². The number of methoxy groups -OCH3 is 1. The van der Waals surface area contributed by atoms with Gasteiger partial charge in [0.15, 0.2) is 0 Å². The minimum Gasteiger partial charge on any atom is -0.495 e. The Labute approximate surface area is 161 Å². The molecular weight excluding hydrogens is 388 g/mol. The molecule has 0 bridgehead atoms. The van der Waals surface area contributed by atoms with E-state index in [2.05, 4.69) is 0 Å². The number of carbonyl (C=O) groups is 1. The quantitative estimate of drug-likeness (QED) is 0.313. The molecule has 2 aromatic rings. The largest absolute Gasteiger partial charge is 0.495 e. The molecule has 0 aromatic heterocycles. The summed E-state index contributed by atoms with van der Waals surface area (Å²) < 4.78 is 37.4. The van der Waals surface area contributed by atoms with Crippen LogP contribution in [-0.4, -0.2) is 43.8 Å². The highest BCUT2D eigenvalue weighted by Gasteiger charge is 2.31. The number of benzene rings is 2. The Balaban J connectivity index is 1.91. The molecule has 1 saturated heterocycles. The minimum atomic E-state index is -3.82. The summed E-state index contributed by atoms with van der Waals surface area (Å²) in [6.07, 6.45) is 1.55. The summed E-state index contributed by atoms with van der Waals surface area (Å²) in [6.45, 7) is 0.821. The lowest BCUT2D eigenvalue weighted by Crippen LogP contribution is -2.28. The molecular formula is C18H18N2O7S. The molecule has 0 radical (unpaired) electrons. The standard InChI is InChI=1S/C18H18N2O7S/c1-26-16-8-7-13(11-17(16)28(24,25)19-9-2-3-10-19)18(21)27-15-6-4-5-14(12-15)20(22)23/h4-8,11-12H,2-3,9-10H2,1H3. The molecule has 0 atom stereocenters. The van der Waals surface area contributed by atoms with Gasteiger partial charge in [-0.2, -0.15) is 4.31 Å². The van der Waals surface area contributed by atoms with Gasteiger partial charge in [-0.25, -0.2) is 13.2 Å². The molecule has 0 unspecified atom stereocenters. The zero-order valence-corrected chi connectivity index (χ0v) is 15.8. The predicted molar refractivity (Wildman–Crippen MR) is 99.0 cm³/mol. The van der Waals surface area contributed by atoms with Crippen LogP contribution in [-0.2, 0) is 10.0 Å². The fourth-order valence-corrected chi connectivity index (χ4v) is 4.60. The van der Waals surface area contributed by atoms with E-state index in [1.165, 1.54) is 47.8 Å². The Morgan fingerprint density at radius 2 is 1.86 bits per heavy atom. The van der Waals surface area contributed by atoms with Crippen molar-refractivity contribution in [2.45, 2.75) is 17.7 Å². The van der Waals surface area contributed by atoms with Crippen LogP contribution in [0.3, 0.4) is 0 Å². The molecule has 10 heteroatoms. The van der Waals surface area contributed by atoms with Crippen LogP contribution in [0.15, 0.2) is 47.4 Å². The van der Waals surface area contributed by atoms with Crippen LogP contribution in [0, 0.1) is 10.1 Å². The molecule has 0 saturated carbocycles. The Hall–Kier alpha value is -2.98. The van der Waals surface area contributed by atoms with Crippen LogP contribution >= 0.6 is 0 Å². The van der Waals surface area contributed by atoms with Gasteiger partial charge in [-0.05, 0) is 37.1 Å². The molecule has 28 heavy (non-hydrogen) atoms. The molecule has 0 spiro atoms. The summed E-state index contributed by atoms with van der Waals surface area (Å²) in [4.78, 5) is 22.6. The third kappa shape index (κ3) is 3.97. The maximum atomic E-state index is 12.9. The van der Waals surface area contributed by atoms with Crippen molar-refractivity contribution in [1.29, 1.82) is 0 Å². The lowest BCUT2D eigenvalue weighted by atomic mass is 10.2. The maximum absolute atomic E-state index is 12.9. The first-order valence-corrected chi connectivity index (χ1v) is 9.92. The molecule has 3 rings (SSSR count). The van der Waals surface area contributed by atoms with E-state index in [0.717, 1.165) is 18.9 Å². The summed E-state index contributed by atoms with van der Waals surface area (Å²) in [5.74, 6) is -0.723.